The molecule has 1 aromatic carbocycles. The molecule has 1 atom stereocenters. The van der Waals surface area contributed by atoms with Crippen molar-refractivity contribution in [1.82, 2.24) is 19.8 Å². The van der Waals surface area contributed by atoms with Crippen LogP contribution in [0.25, 0.3) is 0 Å². The second kappa shape index (κ2) is 7.70. The predicted octanol–water partition coefficient (Wildman–Crippen LogP) is 2.25. The zero-order valence-corrected chi connectivity index (χ0v) is 16.5. The van der Waals surface area contributed by atoms with Gasteiger partial charge in [0, 0.05) is 57.2 Å². The van der Waals surface area contributed by atoms with Gasteiger partial charge in [-0.05, 0) is 18.9 Å². The zero-order valence-electron chi connectivity index (χ0n) is 16.5. The normalized spacial score (nSPS) is 18.9. The van der Waals surface area contributed by atoms with Crippen molar-refractivity contribution < 1.29 is 9.59 Å². The lowest BCUT2D eigenvalue weighted by Gasteiger charge is -2.28. The van der Waals surface area contributed by atoms with Gasteiger partial charge in [0.1, 0.15) is 5.82 Å². The van der Waals surface area contributed by atoms with E-state index >= 15 is 0 Å². The van der Waals surface area contributed by atoms with Crippen molar-refractivity contribution in [2.75, 3.05) is 19.6 Å². The van der Waals surface area contributed by atoms with Crippen molar-refractivity contribution in [3.05, 3.63) is 58.7 Å². The summed E-state index contributed by atoms with van der Waals surface area (Å²) >= 11 is 0. The molecule has 1 aromatic heterocycles. The van der Waals surface area contributed by atoms with Gasteiger partial charge in [-0.25, -0.2) is 9.97 Å². The van der Waals surface area contributed by atoms with Crippen LogP contribution in [0, 0.1) is 6.92 Å². The Hall–Kier alpha value is -2.76. The highest BCUT2D eigenvalue weighted by atomic mass is 16.2. The summed E-state index contributed by atoms with van der Waals surface area (Å²) in [7, 11) is 0. The van der Waals surface area contributed by atoms with Crippen molar-refractivity contribution in [2.45, 2.75) is 45.6 Å². The number of rotatable bonds is 3. The van der Waals surface area contributed by atoms with Crippen LogP contribution in [0.1, 0.15) is 47.5 Å². The van der Waals surface area contributed by atoms with Crippen LogP contribution in [0.5, 0.6) is 0 Å². The third-order valence-electron chi connectivity index (χ3n) is 5.78. The molecule has 0 spiro atoms. The smallest absolute Gasteiger partial charge is 0.227 e. The Bertz CT molecular complexity index is 894. The summed E-state index contributed by atoms with van der Waals surface area (Å²) in [5.41, 5.74) is 4.33. The van der Waals surface area contributed by atoms with Crippen molar-refractivity contribution >= 4 is 11.8 Å². The minimum Gasteiger partial charge on any atom is -0.342 e. The first-order chi connectivity index (χ1) is 13.5. The van der Waals surface area contributed by atoms with Crippen LogP contribution in [-0.2, 0) is 29.0 Å². The van der Waals surface area contributed by atoms with Crippen LogP contribution in [0.15, 0.2) is 30.5 Å². The molecule has 2 amide bonds. The summed E-state index contributed by atoms with van der Waals surface area (Å²) in [6.07, 6.45) is 3.98. The molecule has 0 aliphatic carbocycles. The van der Waals surface area contributed by atoms with Crippen molar-refractivity contribution in [1.29, 1.82) is 0 Å². The minimum absolute atomic E-state index is 0.114. The zero-order chi connectivity index (χ0) is 19.7. The molecule has 1 saturated heterocycles. The van der Waals surface area contributed by atoms with Crippen LogP contribution in [0.3, 0.4) is 0 Å². The summed E-state index contributed by atoms with van der Waals surface area (Å²) in [5.74, 6) is 1.31. The van der Waals surface area contributed by atoms with Crippen LogP contribution in [-0.4, -0.2) is 51.2 Å². The molecule has 0 saturated carbocycles. The van der Waals surface area contributed by atoms with Crippen molar-refractivity contribution in [2.24, 2.45) is 0 Å². The molecule has 2 aliphatic heterocycles. The van der Waals surface area contributed by atoms with Crippen LogP contribution < -0.4 is 0 Å². The van der Waals surface area contributed by atoms with Gasteiger partial charge in [0.15, 0.2) is 0 Å². The molecule has 2 aromatic rings. The Kier molecular flexibility index (Phi) is 5.11. The molecular weight excluding hydrogens is 352 g/mol. The highest BCUT2D eigenvalue weighted by Gasteiger charge is 2.29. The van der Waals surface area contributed by atoms with Gasteiger partial charge in [-0.3, -0.25) is 9.59 Å². The number of nitrogens with zero attached hydrogens (tertiary/aromatic N) is 4. The van der Waals surface area contributed by atoms with Gasteiger partial charge in [-0.2, -0.15) is 0 Å². The highest BCUT2D eigenvalue weighted by molar-refractivity contribution is 5.79. The van der Waals surface area contributed by atoms with Crippen molar-refractivity contribution in [3.63, 3.8) is 0 Å². The summed E-state index contributed by atoms with van der Waals surface area (Å²) in [5, 5.41) is 0. The maximum atomic E-state index is 12.7. The monoisotopic (exact) mass is 378 g/mol. The fourth-order valence-corrected chi connectivity index (χ4v) is 3.99. The molecule has 3 heterocycles. The molecule has 28 heavy (non-hydrogen) atoms. The van der Waals surface area contributed by atoms with Crippen LogP contribution >= 0.6 is 0 Å². The van der Waals surface area contributed by atoms with E-state index in [9.17, 15) is 9.59 Å². The quantitative estimate of drug-likeness (QED) is 0.822. The van der Waals surface area contributed by atoms with E-state index in [1.54, 1.807) is 6.92 Å². The van der Waals surface area contributed by atoms with Gasteiger partial charge in [0.05, 0.1) is 12.1 Å². The third kappa shape index (κ3) is 3.91. The molecule has 6 heteroatoms. The highest BCUT2D eigenvalue weighted by Crippen LogP contribution is 2.26. The number of likely N-dealkylation sites (tertiary alicyclic amines) is 1. The largest absolute Gasteiger partial charge is 0.342 e. The topological polar surface area (TPSA) is 66.4 Å². The van der Waals surface area contributed by atoms with E-state index in [4.69, 9.17) is 4.98 Å². The Morgan fingerprint density at radius 3 is 2.64 bits per heavy atom. The second-order valence-electron chi connectivity index (χ2n) is 7.88. The molecule has 0 unspecified atom stereocenters. The van der Waals surface area contributed by atoms with Crippen LogP contribution in [0.2, 0.25) is 0 Å². The van der Waals surface area contributed by atoms with Crippen LogP contribution in [0.4, 0.5) is 0 Å². The average molecular weight is 378 g/mol. The minimum atomic E-state index is 0.114. The number of amides is 2. The van der Waals surface area contributed by atoms with E-state index in [1.165, 1.54) is 5.56 Å². The van der Waals surface area contributed by atoms with E-state index in [2.05, 4.69) is 4.98 Å². The molecule has 0 N–H and O–H groups in total. The van der Waals surface area contributed by atoms with Gasteiger partial charge >= 0.3 is 0 Å². The molecule has 4 rings (SSSR count). The van der Waals surface area contributed by atoms with E-state index in [-0.39, 0.29) is 17.7 Å². The number of aryl methyl sites for hydroxylation is 1. The lowest BCUT2D eigenvalue weighted by Crippen LogP contribution is -2.37. The Labute approximate surface area is 165 Å². The Balaban J connectivity index is 1.41. The number of benzene rings is 1. The maximum Gasteiger partial charge on any atom is 0.227 e. The lowest BCUT2D eigenvalue weighted by atomic mass is 10.0. The number of carbonyl (C=O) groups is 2. The van der Waals surface area contributed by atoms with Crippen molar-refractivity contribution in [3.8, 4) is 0 Å². The fourth-order valence-electron chi connectivity index (χ4n) is 3.99. The molecule has 2 aliphatic rings. The number of aromatic nitrogens is 2. The predicted molar refractivity (Wildman–Crippen MR) is 106 cm³/mol. The number of carbonyl (C=O) groups excluding carboxylic acids is 2. The standard InChI is InChI=1S/C22H26N4O2/c1-15-3-5-17(6-4-15)11-21(28)26-10-8-20-19(14-26)12-23-22(24-20)18-7-9-25(13-18)16(2)27/h3-6,12,18H,7-11,13-14H2,1-2H3/t18-/m0/s1. The molecule has 146 valence electrons. The lowest BCUT2D eigenvalue weighted by molar-refractivity contribution is -0.131. The fraction of sp³-hybridized carbons (Fsp3) is 0.455. The Morgan fingerprint density at radius 2 is 1.93 bits per heavy atom. The molecule has 6 nitrogen and oxygen atoms in total. The SMILES string of the molecule is CC(=O)N1CC[C@H](c2ncc3c(n2)CCN(C(=O)Cc2ccc(C)cc2)C3)C1. The summed E-state index contributed by atoms with van der Waals surface area (Å²) in [6, 6.07) is 8.12. The van der Waals surface area contributed by atoms with E-state index in [0.717, 1.165) is 42.0 Å². The van der Waals surface area contributed by atoms with Gasteiger partial charge < -0.3 is 9.80 Å². The maximum absolute atomic E-state index is 12.7. The van der Waals surface area contributed by atoms with E-state index < -0.39 is 0 Å². The average Bonchev–Trinajstić information content (AvgIpc) is 3.19. The van der Waals surface area contributed by atoms with Gasteiger partial charge in [-0.15, -0.1) is 0 Å². The first-order valence-corrected chi connectivity index (χ1v) is 9.93. The van der Waals surface area contributed by atoms with E-state index in [1.807, 2.05) is 47.2 Å². The summed E-state index contributed by atoms with van der Waals surface area (Å²) in [6.45, 7) is 6.41. The van der Waals surface area contributed by atoms with E-state index in [0.29, 0.717) is 26.1 Å². The third-order valence-corrected chi connectivity index (χ3v) is 5.78. The number of hydrogen-bond donors (Lipinski definition) is 0. The molecule has 1 fully saturated rings. The first-order valence-electron chi connectivity index (χ1n) is 9.93. The first kappa shape index (κ1) is 18.6. The van der Waals surface area contributed by atoms with Gasteiger partial charge in [0.2, 0.25) is 11.8 Å². The molecule has 0 bridgehead atoms. The van der Waals surface area contributed by atoms with Gasteiger partial charge in [0.25, 0.3) is 0 Å². The second-order valence-corrected chi connectivity index (χ2v) is 7.88. The van der Waals surface area contributed by atoms with Gasteiger partial charge in [-0.1, -0.05) is 29.8 Å². The number of fused-ring (bicyclic) bond motifs is 1. The summed E-state index contributed by atoms with van der Waals surface area (Å²) in [4.78, 5) is 37.4. The number of hydrogen-bond acceptors (Lipinski definition) is 4. The summed E-state index contributed by atoms with van der Waals surface area (Å²) < 4.78 is 0. The molecule has 0 radical (unpaired) electrons. The Morgan fingerprint density at radius 1 is 1.14 bits per heavy atom. The molecular formula is C22H26N4O2.